The van der Waals surface area contributed by atoms with Gasteiger partial charge in [0.2, 0.25) is 0 Å². The molecule has 0 saturated carbocycles. The van der Waals surface area contributed by atoms with Gasteiger partial charge in [0, 0.05) is 29.5 Å². The first-order chi connectivity index (χ1) is 12.1. The van der Waals surface area contributed by atoms with Gasteiger partial charge in [-0.15, -0.1) is 0 Å². The fourth-order valence-electron chi connectivity index (χ4n) is 5.49. The number of piperidine rings is 1. The molecule has 1 amide bonds. The monoisotopic (exact) mass is 343 g/mol. The van der Waals surface area contributed by atoms with Crippen molar-refractivity contribution in [3.05, 3.63) is 35.4 Å². The van der Waals surface area contributed by atoms with Crippen LogP contribution in [0.2, 0.25) is 0 Å². The van der Waals surface area contributed by atoms with Crippen LogP contribution in [0.1, 0.15) is 24.5 Å². The summed E-state index contributed by atoms with van der Waals surface area (Å²) in [6.45, 7) is 2.73. The van der Waals surface area contributed by atoms with Crippen LogP contribution in [0.15, 0.2) is 24.3 Å². The predicted octanol–water partition coefficient (Wildman–Crippen LogP) is 1.72. The summed E-state index contributed by atoms with van der Waals surface area (Å²) in [5.41, 5.74) is 1.74. The second-order valence-electron chi connectivity index (χ2n) is 7.34. The second-order valence-corrected chi connectivity index (χ2v) is 7.34. The van der Waals surface area contributed by atoms with Gasteiger partial charge in [0.15, 0.2) is 11.5 Å². The Hall–Kier alpha value is -2.21. The number of carbonyl (C=O) groups excluding carboxylic acids is 1. The first kappa shape index (κ1) is 15.1. The molecule has 1 spiro atoms. The maximum Gasteiger partial charge on any atom is 0.410 e. The number of aliphatic hydroxyl groups is 1. The topological polar surface area (TPSA) is 79.2 Å². The molecule has 2 aliphatic heterocycles. The highest BCUT2D eigenvalue weighted by atomic mass is 16.6. The van der Waals surface area contributed by atoms with Crippen molar-refractivity contribution in [1.29, 1.82) is 0 Å². The second kappa shape index (κ2) is 4.91. The number of likely N-dealkylation sites (tertiary alicyclic amines) is 1. The summed E-state index contributed by atoms with van der Waals surface area (Å²) in [7, 11) is 0. The van der Waals surface area contributed by atoms with Gasteiger partial charge < -0.3 is 24.6 Å². The number of rotatable bonds is 1. The average molecular weight is 343 g/mol. The lowest BCUT2D eigenvalue weighted by atomic mass is 9.53. The van der Waals surface area contributed by atoms with E-state index in [1.165, 1.54) is 0 Å². The number of benzene rings is 1. The lowest BCUT2D eigenvalue weighted by molar-refractivity contribution is -0.0484. The van der Waals surface area contributed by atoms with Crippen molar-refractivity contribution in [3.8, 4) is 11.5 Å². The summed E-state index contributed by atoms with van der Waals surface area (Å²) < 4.78 is 11.3. The van der Waals surface area contributed by atoms with Crippen molar-refractivity contribution in [1.82, 2.24) is 4.90 Å². The molecule has 5 atom stereocenters. The summed E-state index contributed by atoms with van der Waals surface area (Å²) in [5, 5.41) is 20.8. The third-order valence-electron chi connectivity index (χ3n) is 6.37. The highest BCUT2D eigenvalue weighted by Gasteiger charge is 2.65. The number of nitrogens with zero attached hydrogens (tertiary/aromatic N) is 1. The van der Waals surface area contributed by atoms with Crippen molar-refractivity contribution in [2.75, 3.05) is 13.2 Å². The van der Waals surface area contributed by atoms with Crippen LogP contribution in [0.5, 0.6) is 11.5 Å². The molecule has 0 radical (unpaired) electrons. The van der Waals surface area contributed by atoms with Crippen LogP contribution in [0.25, 0.3) is 0 Å². The van der Waals surface area contributed by atoms with E-state index >= 15 is 0 Å². The minimum absolute atomic E-state index is 0.0226. The van der Waals surface area contributed by atoms with E-state index in [9.17, 15) is 15.0 Å². The maximum absolute atomic E-state index is 12.5. The van der Waals surface area contributed by atoms with Crippen LogP contribution in [-0.2, 0) is 16.6 Å². The van der Waals surface area contributed by atoms with E-state index in [0.29, 0.717) is 31.7 Å². The Bertz CT molecular complexity index is 790. The molecular formula is C19H21NO5. The van der Waals surface area contributed by atoms with E-state index in [2.05, 4.69) is 0 Å². The number of phenols is 1. The van der Waals surface area contributed by atoms with Gasteiger partial charge in [-0.3, -0.25) is 0 Å². The SMILES string of the molecule is CCOC(=O)N1CC[C@]23c4c5ccc(O)c4O[C@H]2[C@@H](O)C=C[C@H]3[C@H]1C5. The van der Waals surface area contributed by atoms with Crippen molar-refractivity contribution in [3.63, 3.8) is 0 Å². The van der Waals surface area contributed by atoms with Gasteiger partial charge >= 0.3 is 6.09 Å². The molecule has 0 aromatic heterocycles. The summed E-state index contributed by atoms with van der Waals surface area (Å²) in [4.78, 5) is 14.3. The summed E-state index contributed by atoms with van der Waals surface area (Å²) >= 11 is 0. The minimum atomic E-state index is -0.719. The Morgan fingerprint density at radius 3 is 3.08 bits per heavy atom. The molecular weight excluding hydrogens is 322 g/mol. The number of amides is 1. The Morgan fingerprint density at radius 1 is 1.44 bits per heavy atom. The van der Waals surface area contributed by atoms with Crippen molar-refractivity contribution >= 4 is 6.09 Å². The quantitative estimate of drug-likeness (QED) is 0.759. The number of phenolic OH excluding ortho intramolecular Hbond substituents is 1. The van der Waals surface area contributed by atoms with E-state index in [1.54, 1.807) is 12.1 Å². The van der Waals surface area contributed by atoms with Crippen molar-refractivity contribution in [2.24, 2.45) is 5.92 Å². The molecule has 1 fully saturated rings. The Balaban J connectivity index is 1.69. The molecule has 2 N–H and O–H groups in total. The molecule has 6 nitrogen and oxygen atoms in total. The van der Waals surface area contributed by atoms with E-state index in [1.807, 2.05) is 24.0 Å². The average Bonchev–Trinajstić information content (AvgIpc) is 2.94. The highest BCUT2D eigenvalue weighted by Crippen LogP contribution is 2.62. The van der Waals surface area contributed by atoms with Crippen LogP contribution in [0, 0.1) is 5.92 Å². The summed E-state index contributed by atoms with van der Waals surface area (Å²) in [6, 6.07) is 3.54. The number of aliphatic hydroxyl groups excluding tert-OH is 1. The van der Waals surface area contributed by atoms with Crippen molar-refractivity contribution in [2.45, 2.75) is 43.4 Å². The molecule has 4 aliphatic rings. The lowest BCUT2D eigenvalue weighted by Crippen LogP contribution is -2.66. The zero-order chi connectivity index (χ0) is 17.3. The fraction of sp³-hybridized carbons (Fsp3) is 0.526. The Labute approximate surface area is 145 Å². The van der Waals surface area contributed by atoms with Gasteiger partial charge in [0.05, 0.1) is 6.61 Å². The highest BCUT2D eigenvalue weighted by molar-refractivity contribution is 5.70. The molecule has 1 aromatic carbocycles. The first-order valence-electron chi connectivity index (χ1n) is 8.89. The molecule has 6 heteroatoms. The summed E-state index contributed by atoms with van der Waals surface area (Å²) in [5.74, 6) is 0.688. The zero-order valence-corrected chi connectivity index (χ0v) is 14.0. The third kappa shape index (κ3) is 1.70. The van der Waals surface area contributed by atoms with E-state index in [-0.39, 0.29) is 29.2 Å². The number of carbonyl (C=O) groups is 1. The number of hydrogen-bond donors (Lipinski definition) is 2. The fourth-order valence-corrected chi connectivity index (χ4v) is 5.49. The van der Waals surface area contributed by atoms with Crippen LogP contribution in [0.3, 0.4) is 0 Å². The zero-order valence-electron chi connectivity index (χ0n) is 14.0. The van der Waals surface area contributed by atoms with Crippen LogP contribution in [0.4, 0.5) is 4.79 Å². The molecule has 1 saturated heterocycles. The van der Waals surface area contributed by atoms with Crippen LogP contribution in [-0.4, -0.2) is 52.6 Å². The standard InChI is InChI=1S/C19H21NO5/c1-2-24-18(23)20-8-7-19-11-4-6-14(22)17(19)25-16-13(21)5-3-10(15(16)19)9-12(11)20/h3-6,11-12,14,17,21-22H,2,7-9H2,1H3/t11-,12+,14-,17-,19-/m0/s1. The molecule has 1 aromatic rings. The number of aromatic hydroxyl groups is 1. The van der Waals surface area contributed by atoms with E-state index in [4.69, 9.17) is 9.47 Å². The molecule has 2 heterocycles. The lowest BCUT2D eigenvalue weighted by Gasteiger charge is -2.56. The van der Waals surface area contributed by atoms with Gasteiger partial charge in [0.25, 0.3) is 0 Å². The van der Waals surface area contributed by atoms with Crippen LogP contribution < -0.4 is 4.74 Å². The molecule has 0 unspecified atom stereocenters. The normalized spacial score (nSPS) is 36.6. The van der Waals surface area contributed by atoms with Gasteiger partial charge in [-0.25, -0.2) is 4.79 Å². The third-order valence-corrected chi connectivity index (χ3v) is 6.37. The van der Waals surface area contributed by atoms with Gasteiger partial charge in [-0.1, -0.05) is 18.2 Å². The van der Waals surface area contributed by atoms with Gasteiger partial charge in [0.1, 0.15) is 12.2 Å². The minimum Gasteiger partial charge on any atom is -0.504 e. The van der Waals surface area contributed by atoms with Gasteiger partial charge in [-0.05, 0) is 31.4 Å². The van der Waals surface area contributed by atoms with E-state index < -0.39 is 12.2 Å². The molecule has 25 heavy (non-hydrogen) atoms. The van der Waals surface area contributed by atoms with Crippen LogP contribution >= 0.6 is 0 Å². The van der Waals surface area contributed by atoms with Crippen molar-refractivity contribution < 1.29 is 24.5 Å². The molecule has 2 bridgehead atoms. The maximum atomic E-state index is 12.5. The number of ether oxygens (including phenoxy) is 2. The predicted molar refractivity (Wildman–Crippen MR) is 88.7 cm³/mol. The first-order valence-corrected chi connectivity index (χ1v) is 8.89. The molecule has 2 aliphatic carbocycles. The number of hydrogen-bond acceptors (Lipinski definition) is 5. The molecule has 132 valence electrons. The molecule has 5 rings (SSSR count). The van der Waals surface area contributed by atoms with Gasteiger partial charge in [-0.2, -0.15) is 0 Å². The summed E-state index contributed by atoms with van der Waals surface area (Å²) in [6.07, 6.45) is 3.76. The Morgan fingerprint density at radius 2 is 2.28 bits per heavy atom. The smallest absolute Gasteiger partial charge is 0.410 e. The van der Waals surface area contributed by atoms with E-state index in [0.717, 1.165) is 11.1 Å². The Kier molecular flexibility index (Phi) is 2.96. The largest absolute Gasteiger partial charge is 0.504 e.